The maximum absolute atomic E-state index is 11.7. The number of amides is 1. The minimum atomic E-state index is -0.955. The number of carbonyl (C=O) groups excluding carboxylic acids is 1. The van der Waals surface area contributed by atoms with Crippen molar-refractivity contribution in [2.24, 2.45) is 0 Å². The van der Waals surface area contributed by atoms with Crippen molar-refractivity contribution in [3.63, 3.8) is 0 Å². The molecule has 2 N–H and O–H groups in total. The third-order valence-electron chi connectivity index (χ3n) is 2.52. The standard InChI is InChI=1S/C10H18N2O4/c1-7-6-12(3-4-16-7)9(13)5-11-8(2)10(14)15/h7-8,11H,3-6H2,1-2H3,(H,14,15). The van der Waals surface area contributed by atoms with E-state index in [4.69, 9.17) is 9.84 Å². The van der Waals surface area contributed by atoms with Gasteiger partial charge < -0.3 is 14.7 Å². The van der Waals surface area contributed by atoms with E-state index in [1.54, 1.807) is 4.90 Å². The highest BCUT2D eigenvalue weighted by Crippen LogP contribution is 2.04. The first-order valence-electron chi connectivity index (χ1n) is 5.36. The molecule has 0 saturated carbocycles. The van der Waals surface area contributed by atoms with Crippen LogP contribution in [0.2, 0.25) is 0 Å². The fourth-order valence-electron chi connectivity index (χ4n) is 1.48. The van der Waals surface area contributed by atoms with Gasteiger partial charge in [0.05, 0.1) is 19.3 Å². The second-order valence-corrected chi connectivity index (χ2v) is 3.96. The summed E-state index contributed by atoms with van der Waals surface area (Å²) < 4.78 is 5.31. The summed E-state index contributed by atoms with van der Waals surface area (Å²) in [6, 6.07) is -0.706. The Bertz CT molecular complexity index is 270. The van der Waals surface area contributed by atoms with Gasteiger partial charge in [-0.25, -0.2) is 0 Å². The number of nitrogens with zero attached hydrogens (tertiary/aromatic N) is 1. The van der Waals surface area contributed by atoms with Crippen LogP contribution in [-0.2, 0) is 14.3 Å². The van der Waals surface area contributed by atoms with Crippen molar-refractivity contribution in [2.45, 2.75) is 26.0 Å². The van der Waals surface area contributed by atoms with E-state index in [-0.39, 0.29) is 18.6 Å². The summed E-state index contributed by atoms with van der Waals surface area (Å²) in [5.41, 5.74) is 0. The Hall–Kier alpha value is -1.14. The molecule has 1 heterocycles. The summed E-state index contributed by atoms with van der Waals surface area (Å²) in [6.07, 6.45) is 0.0506. The highest BCUT2D eigenvalue weighted by molar-refractivity contribution is 5.80. The fourth-order valence-corrected chi connectivity index (χ4v) is 1.48. The number of carbonyl (C=O) groups is 2. The second kappa shape index (κ2) is 5.81. The van der Waals surface area contributed by atoms with Crippen molar-refractivity contribution < 1.29 is 19.4 Å². The molecule has 0 spiro atoms. The van der Waals surface area contributed by atoms with Gasteiger partial charge in [-0.15, -0.1) is 0 Å². The van der Waals surface area contributed by atoms with Crippen LogP contribution < -0.4 is 5.32 Å². The van der Waals surface area contributed by atoms with Crippen LogP contribution in [0.15, 0.2) is 0 Å². The maximum Gasteiger partial charge on any atom is 0.320 e. The van der Waals surface area contributed by atoms with Crippen molar-refractivity contribution in [1.29, 1.82) is 0 Å². The Kier molecular flexibility index (Phi) is 4.70. The number of ether oxygens (including phenoxy) is 1. The van der Waals surface area contributed by atoms with Gasteiger partial charge in [0, 0.05) is 13.1 Å². The van der Waals surface area contributed by atoms with Crippen LogP contribution in [0.5, 0.6) is 0 Å². The normalized spacial score (nSPS) is 22.9. The van der Waals surface area contributed by atoms with Gasteiger partial charge in [-0.2, -0.15) is 0 Å². The average molecular weight is 230 g/mol. The Labute approximate surface area is 94.6 Å². The van der Waals surface area contributed by atoms with Crippen LogP contribution in [0.3, 0.4) is 0 Å². The smallest absolute Gasteiger partial charge is 0.320 e. The van der Waals surface area contributed by atoms with Crippen molar-refractivity contribution in [1.82, 2.24) is 10.2 Å². The number of nitrogens with one attached hydrogen (secondary N) is 1. The Balaban J connectivity index is 2.31. The number of carboxylic acids is 1. The molecule has 6 nitrogen and oxygen atoms in total. The minimum absolute atomic E-state index is 0.0506. The monoisotopic (exact) mass is 230 g/mol. The number of carboxylic acid groups (broad SMARTS) is 1. The molecule has 1 aliphatic heterocycles. The van der Waals surface area contributed by atoms with Crippen LogP contribution in [0.1, 0.15) is 13.8 Å². The molecular weight excluding hydrogens is 212 g/mol. The summed E-state index contributed by atoms with van der Waals surface area (Å²) in [5, 5.41) is 11.3. The number of hydrogen-bond acceptors (Lipinski definition) is 4. The van der Waals surface area contributed by atoms with Crippen LogP contribution in [0.4, 0.5) is 0 Å². The Morgan fingerprint density at radius 1 is 1.62 bits per heavy atom. The van der Waals surface area contributed by atoms with Gasteiger partial charge in [0.25, 0.3) is 0 Å². The molecule has 0 radical (unpaired) electrons. The molecule has 0 aromatic carbocycles. The third-order valence-corrected chi connectivity index (χ3v) is 2.52. The van der Waals surface area contributed by atoms with E-state index in [0.29, 0.717) is 19.7 Å². The lowest BCUT2D eigenvalue weighted by atomic mass is 10.3. The van der Waals surface area contributed by atoms with Crippen LogP contribution >= 0.6 is 0 Å². The van der Waals surface area contributed by atoms with Crippen molar-refractivity contribution >= 4 is 11.9 Å². The molecule has 1 fully saturated rings. The van der Waals surface area contributed by atoms with E-state index in [1.165, 1.54) is 6.92 Å². The summed E-state index contributed by atoms with van der Waals surface area (Å²) in [7, 11) is 0. The van der Waals surface area contributed by atoms with Crippen LogP contribution in [0.25, 0.3) is 0 Å². The zero-order valence-corrected chi connectivity index (χ0v) is 9.60. The number of hydrogen-bond donors (Lipinski definition) is 2. The average Bonchev–Trinajstić information content (AvgIpc) is 2.25. The molecule has 1 amide bonds. The van der Waals surface area contributed by atoms with Crippen molar-refractivity contribution in [3.8, 4) is 0 Å². The van der Waals surface area contributed by atoms with Crippen molar-refractivity contribution in [2.75, 3.05) is 26.2 Å². The molecule has 0 bridgehead atoms. The second-order valence-electron chi connectivity index (χ2n) is 3.96. The molecule has 16 heavy (non-hydrogen) atoms. The van der Waals surface area contributed by atoms with Gasteiger partial charge in [-0.1, -0.05) is 0 Å². The summed E-state index contributed by atoms with van der Waals surface area (Å²) in [5.74, 6) is -1.04. The zero-order chi connectivity index (χ0) is 12.1. The molecular formula is C10H18N2O4. The predicted molar refractivity (Wildman–Crippen MR) is 57.1 cm³/mol. The Morgan fingerprint density at radius 3 is 2.88 bits per heavy atom. The number of rotatable bonds is 4. The number of morpholine rings is 1. The maximum atomic E-state index is 11.7. The topological polar surface area (TPSA) is 78.9 Å². The van der Waals surface area contributed by atoms with Crippen LogP contribution in [-0.4, -0.2) is 60.3 Å². The molecule has 92 valence electrons. The minimum Gasteiger partial charge on any atom is -0.480 e. The lowest BCUT2D eigenvalue weighted by Gasteiger charge is -2.31. The lowest BCUT2D eigenvalue weighted by Crippen LogP contribution is -2.49. The molecule has 2 atom stereocenters. The molecule has 6 heteroatoms. The molecule has 2 unspecified atom stereocenters. The SMILES string of the molecule is CC1CN(C(=O)CNC(C)C(=O)O)CCO1. The van der Waals surface area contributed by atoms with Crippen molar-refractivity contribution in [3.05, 3.63) is 0 Å². The fraction of sp³-hybridized carbons (Fsp3) is 0.800. The first kappa shape index (κ1) is 12.9. The molecule has 0 aromatic rings. The zero-order valence-electron chi connectivity index (χ0n) is 9.60. The molecule has 0 aliphatic carbocycles. The summed E-state index contributed by atoms with van der Waals surface area (Å²) >= 11 is 0. The number of aliphatic carboxylic acids is 1. The molecule has 1 rings (SSSR count). The summed E-state index contributed by atoms with van der Waals surface area (Å²) in [4.78, 5) is 23.9. The van der Waals surface area contributed by atoms with Gasteiger partial charge in [0.2, 0.25) is 5.91 Å². The Morgan fingerprint density at radius 2 is 2.31 bits per heavy atom. The molecule has 1 aliphatic rings. The first-order chi connectivity index (χ1) is 7.50. The van der Waals surface area contributed by atoms with E-state index < -0.39 is 12.0 Å². The quantitative estimate of drug-likeness (QED) is 0.667. The predicted octanol–water partition coefficient (Wildman–Crippen LogP) is -0.704. The van der Waals surface area contributed by atoms with Gasteiger partial charge >= 0.3 is 5.97 Å². The third kappa shape index (κ3) is 3.79. The molecule has 1 saturated heterocycles. The van der Waals surface area contributed by atoms with Gasteiger partial charge in [0.1, 0.15) is 6.04 Å². The van der Waals surface area contributed by atoms with E-state index in [0.717, 1.165) is 0 Å². The highest BCUT2D eigenvalue weighted by atomic mass is 16.5. The summed E-state index contributed by atoms with van der Waals surface area (Å²) in [6.45, 7) is 5.17. The van der Waals surface area contributed by atoms with E-state index in [2.05, 4.69) is 5.32 Å². The van der Waals surface area contributed by atoms with Gasteiger partial charge in [-0.3, -0.25) is 14.9 Å². The highest BCUT2D eigenvalue weighted by Gasteiger charge is 2.22. The lowest BCUT2D eigenvalue weighted by molar-refractivity contribution is -0.140. The van der Waals surface area contributed by atoms with Gasteiger partial charge in [0.15, 0.2) is 0 Å². The van der Waals surface area contributed by atoms with E-state index in [1.807, 2.05) is 6.92 Å². The van der Waals surface area contributed by atoms with Gasteiger partial charge in [-0.05, 0) is 13.8 Å². The van der Waals surface area contributed by atoms with E-state index in [9.17, 15) is 9.59 Å². The first-order valence-corrected chi connectivity index (χ1v) is 5.36. The van der Waals surface area contributed by atoms with E-state index >= 15 is 0 Å². The molecule has 0 aromatic heterocycles. The largest absolute Gasteiger partial charge is 0.480 e. The van der Waals surface area contributed by atoms with Crippen LogP contribution in [0, 0.1) is 0 Å².